The number of aryl methyl sites for hydroxylation is 1. The minimum absolute atomic E-state index is 0.121. The second-order valence-electron chi connectivity index (χ2n) is 8.56. The zero-order valence-corrected chi connectivity index (χ0v) is 22.4. The first-order chi connectivity index (χ1) is 17.4. The van der Waals surface area contributed by atoms with Crippen LogP contribution in [0.3, 0.4) is 0 Å². The Labute approximate surface area is 220 Å². The fourth-order valence-corrected chi connectivity index (χ4v) is 6.70. The molecule has 1 fully saturated rings. The first-order valence-electron chi connectivity index (χ1n) is 11.9. The minimum Gasteiger partial charge on any atom is -0.508 e. The average molecular weight is 517 g/mol. The molecule has 0 bridgehead atoms. The van der Waals surface area contributed by atoms with Gasteiger partial charge in [-0.2, -0.15) is 0 Å². The number of aliphatic imine (C=N–C) groups is 1. The molecule has 1 saturated heterocycles. The number of amidine groups is 1. The molecule has 0 spiro atoms. The molecule has 36 heavy (non-hydrogen) atoms. The summed E-state index contributed by atoms with van der Waals surface area (Å²) in [6, 6.07) is 21.1. The number of phenolic OH excluding ortho intramolecular Hbond substituents is 1. The highest BCUT2D eigenvalue weighted by Crippen LogP contribution is 2.50. The Hall–Kier alpha value is -3.36. The van der Waals surface area contributed by atoms with E-state index < -0.39 is 0 Å². The molecular weight excluding hydrogens is 488 g/mol. The van der Waals surface area contributed by atoms with Crippen molar-refractivity contribution in [2.24, 2.45) is 4.99 Å². The molecule has 3 aromatic carbocycles. The maximum atomic E-state index is 13.8. The molecule has 0 unspecified atom stereocenters. The molecule has 0 saturated carbocycles. The fourth-order valence-electron chi connectivity index (χ4n) is 4.36. The van der Waals surface area contributed by atoms with Crippen molar-refractivity contribution in [2.75, 3.05) is 34.8 Å². The summed E-state index contributed by atoms with van der Waals surface area (Å²) in [6.45, 7) is 8.22. The van der Waals surface area contributed by atoms with E-state index in [4.69, 9.17) is 4.99 Å². The molecule has 0 atom stereocenters. The summed E-state index contributed by atoms with van der Waals surface area (Å²) in [5, 5.41) is 11.3. The number of rotatable bonds is 5. The zero-order valence-electron chi connectivity index (χ0n) is 20.7. The molecule has 3 aromatic rings. The van der Waals surface area contributed by atoms with Crippen molar-refractivity contribution in [1.82, 2.24) is 0 Å². The second-order valence-corrected chi connectivity index (χ2v) is 10.6. The molecule has 1 amide bonds. The van der Waals surface area contributed by atoms with Gasteiger partial charge in [0.2, 0.25) is 0 Å². The number of hydrogen-bond donors (Lipinski definition) is 1. The fraction of sp³-hybridized carbons (Fsp3) is 0.214. The lowest BCUT2D eigenvalue weighted by atomic mass is 10.1. The van der Waals surface area contributed by atoms with Gasteiger partial charge in [0.15, 0.2) is 5.17 Å². The summed E-state index contributed by atoms with van der Waals surface area (Å²) < 4.78 is 0. The molecule has 8 heteroatoms. The predicted octanol–water partition coefficient (Wildman–Crippen LogP) is 6.73. The molecule has 2 heterocycles. The highest BCUT2D eigenvalue weighted by molar-refractivity contribution is 8.20. The lowest BCUT2D eigenvalue weighted by Gasteiger charge is -2.22. The van der Waals surface area contributed by atoms with Crippen molar-refractivity contribution in [3.05, 3.63) is 82.2 Å². The summed E-state index contributed by atoms with van der Waals surface area (Å²) in [5.74, 6) is 0.0310. The molecule has 184 valence electrons. The van der Waals surface area contributed by atoms with Crippen molar-refractivity contribution in [3.8, 4) is 5.75 Å². The van der Waals surface area contributed by atoms with E-state index >= 15 is 0 Å². The number of aromatic hydroxyl groups is 1. The molecule has 0 aromatic heterocycles. The van der Waals surface area contributed by atoms with E-state index in [0.29, 0.717) is 15.8 Å². The summed E-state index contributed by atoms with van der Waals surface area (Å²) in [6.07, 6.45) is 0. The van der Waals surface area contributed by atoms with Crippen LogP contribution in [0.5, 0.6) is 5.75 Å². The highest BCUT2D eigenvalue weighted by atomic mass is 32.2. The van der Waals surface area contributed by atoms with Crippen LogP contribution in [0.15, 0.2) is 86.6 Å². The Balaban J connectivity index is 1.58. The molecular formula is C28H28N4O2S2. The number of hydrogen-bond acceptors (Lipinski definition) is 7. The third-order valence-corrected chi connectivity index (χ3v) is 8.74. The summed E-state index contributed by atoms with van der Waals surface area (Å²) in [5.41, 5.74) is 4.79. The lowest BCUT2D eigenvalue weighted by molar-refractivity contribution is -0.113. The third-order valence-electron chi connectivity index (χ3n) is 6.35. The molecule has 2 aliphatic rings. The van der Waals surface area contributed by atoms with E-state index in [1.807, 2.05) is 25.2 Å². The van der Waals surface area contributed by atoms with Gasteiger partial charge in [-0.15, -0.1) is 0 Å². The van der Waals surface area contributed by atoms with Crippen molar-refractivity contribution in [1.29, 1.82) is 0 Å². The minimum atomic E-state index is -0.121. The Kier molecular flexibility index (Phi) is 6.73. The number of anilines is 3. The van der Waals surface area contributed by atoms with Gasteiger partial charge in [0.1, 0.15) is 10.7 Å². The molecule has 0 radical (unpaired) electrons. The largest absolute Gasteiger partial charge is 0.508 e. The number of fused-ring (bicyclic) bond motifs is 1. The van der Waals surface area contributed by atoms with Crippen LogP contribution in [0.2, 0.25) is 0 Å². The SMILES string of the molecule is CCN(CC)c1ccc(N=C2S/C(=C3\Sc4ccccc4N3C)C(=O)N2c2ccc(O)cc2)c(C)c1. The summed E-state index contributed by atoms with van der Waals surface area (Å²) in [4.78, 5) is 26.6. The van der Waals surface area contributed by atoms with Gasteiger partial charge < -0.3 is 14.9 Å². The summed E-state index contributed by atoms with van der Waals surface area (Å²) >= 11 is 2.99. The quantitative estimate of drug-likeness (QED) is 0.380. The first-order valence-corrected chi connectivity index (χ1v) is 13.5. The van der Waals surface area contributed by atoms with E-state index in [-0.39, 0.29) is 11.7 Å². The van der Waals surface area contributed by atoms with E-state index in [2.05, 4.69) is 54.8 Å². The van der Waals surface area contributed by atoms with Gasteiger partial charge in [-0.3, -0.25) is 9.69 Å². The van der Waals surface area contributed by atoms with Crippen LogP contribution in [0.25, 0.3) is 0 Å². The number of amides is 1. The third kappa shape index (κ3) is 4.35. The van der Waals surface area contributed by atoms with Gasteiger partial charge in [-0.25, -0.2) is 4.99 Å². The lowest BCUT2D eigenvalue weighted by Crippen LogP contribution is -2.29. The zero-order chi connectivity index (χ0) is 25.4. The van der Waals surface area contributed by atoms with E-state index in [9.17, 15) is 9.90 Å². The topological polar surface area (TPSA) is 59.4 Å². The Morgan fingerprint density at radius 1 is 0.972 bits per heavy atom. The number of thioether (sulfide) groups is 2. The summed E-state index contributed by atoms with van der Waals surface area (Å²) in [7, 11) is 1.99. The number of nitrogens with zero attached hydrogens (tertiary/aromatic N) is 4. The number of carbonyl (C=O) groups excluding carboxylic acids is 1. The number of phenols is 1. The van der Waals surface area contributed by atoms with Crippen LogP contribution in [0.1, 0.15) is 19.4 Å². The first kappa shape index (κ1) is 24.3. The van der Waals surface area contributed by atoms with Crippen molar-refractivity contribution >= 4 is 57.3 Å². The van der Waals surface area contributed by atoms with E-state index in [1.165, 1.54) is 11.8 Å². The van der Waals surface area contributed by atoms with E-state index in [0.717, 1.165) is 45.6 Å². The van der Waals surface area contributed by atoms with Gasteiger partial charge in [0, 0.05) is 30.7 Å². The average Bonchev–Trinajstić information content (AvgIpc) is 3.38. The van der Waals surface area contributed by atoms with E-state index in [1.54, 1.807) is 40.9 Å². The monoisotopic (exact) mass is 516 g/mol. The molecule has 0 aliphatic carbocycles. The van der Waals surface area contributed by atoms with Crippen LogP contribution in [-0.4, -0.2) is 36.3 Å². The van der Waals surface area contributed by atoms with Gasteiger partial charge in [-0.05, 0) is 92.7 Å². The van der Waals surface area contributed by atoms with Gasteiger partial charge >= 0.3 is 0 Å². The smallest absolute Gasteiger partial charge is 0.274 e. The predicted molar refractivity (Wildman–Crippen MR) is 153 cm³/mol. The number of benzene rings is 3. The normalized spacial score (nSPS) is 18.3. The maximum absolute atomic E-state index is 13.8. The van der Waals surface area contributed by atoms with Gasteiger partial charge in [-0.1, -0.05) is 23.9 Å². The van der Waals surface area contributed by atoms with Gasteiger partial charge in [0.05, 0.1) is 22.1 Å². The van der Waals surface area contributed by atoms with Crippen LogP contribution >= 0.6 is 23.5 Å². The Bertz CT molecular complexity index is 1380. The van der Waals surface area contributed by atoms with Gasteiger partial charge in [0.25, 0.3) is 5.91 Å². The molecule has 6 nitrogen and oxygen atoms in total. The van der Waals surface area contributed by atoms with Crippen LogP contribution in [0, 0.1) is 6.92 Å². The van der Waals surface area contributed by atoms with Crippen molar-refractivity contribution in [2.45, 2.75) is 25.7 Å². The Morgan fingerprint density at radius 3 is 2.36 bits per heavy atom. The maximum Gasteiger partial charge on any atom is 0.274 e. The Morgan fingerprint density at radius 2 is 1.69 bits per heavy atom. The van der Waals surface area contributed by atoms with Crippen LogP contribution in [-0.2, 0) is 4.79 Å². The molecule has 1 N–H and O–H groups in total. The standard InChI is InChI=1S/C28H28N4O2S2/c1-5-31(6-2)20-13-16-22(18(3)17-20)29-28-32(19-11-14-21(33)15-12-19)26(34)25(36-28)27-30(4)23-9-7-8-10-24(23)35-27/h7-17,33H,5-6H2,1-4H3/b27-25-,29-28?. The van der Waals surface area contributed by atoms with Crippen molar-refractivity contribution < 1.29 is 9.90 Å². The van der Waals surface area contributed by atoms with Crippen LogP contribution < -0.4 is 14.7 Å². The number of carbonyl (C=O) groups is 1. The molecule has 2 aliphatic heterocycles. The highest BCUT2D eigenvalue weighted by Gasteiger charge is 2.40. The van der Waals surface area contributed by atoms with Crippen LogP contribution in [0.4, 0.5) is 22.7 Å². The number of para-hydroxylation sites is 1. The second kappa shape index (κ2) is 9.95. The molecule has 5 rings (SSSR count). The van der Waals surface area contributed by atoms with Crippen molar-refractivity contribution in [3.63, 3.8) is 0 Å².